The van der Waals surface area contributed by atoms with Crippen molar-refractivity contribution in [3.8, 4) is 5.75 Å². The molecular formula is C22H20Cl2N4O4. The van der Waals surface area contributed by atoms with Gasteiger partial charge >= 0.3 is 0 Å². The van der Waals surface area contributed by atoms with E-state index in [0.717, 1.165) is 5.69 Å². The van der Waals surface area contributed by atoms with E-state index >= 15 is 0 Å². The van der Waals surface area contributed by atoms with Crippen LogP contribution in [0.1, 0.15) is 22.5 Å². The standard InChI is InChI=1S/C22H20Cl2N4O4/c1-13-7-8-15-16(23)11-17(24)21(20(15)26-13)32-12-19(30)28-27-18(29)9-10-25-22(31)14-5-3-2-4-6-14/h2-8,11H,9-10,12H2,1H3,(H,25,31)(H,27,29)(H,28,30). The smallest absolute Gasteiger partial charge is 0.276 e. The van der Waals surface area contributed by atoms with Gasteiger partial charge in [-0.05, 0) is 37.3 Å². The predicted molar refractivity (Wildman–Crippen MR) is 122 cm³/mol. The van der Waals surface area contributed by atoms with E-state index in [1.54, 1.807) is 42.5 Å². The lowest BCUT2D eigenvalue weighted by Gasteiger charge is -2.13. The van der Waals surface area contributed by atoms with Gasteiger partial charge in [0.15, 0.2) is 12.4 Å². The second-order valence-corrected chi connectivity index (χ2v) is 7.59. The maximum absolute atomic E-state index is 12.1. The molecule has 1 heterocycles. The van der Waals surface area contributed by atoms with Crippen molar-refractivity contribution in [1.82, 2.24) is 21.2 Å². The molecule has 0 saturated heterocycles. The molecule has 0 spiro atoms. The molecule has 10 heteroatoms. The Morgan fingerprint density at radius 1 is 0.969 bits per heavy atom. The van der Waals surface area contributed by atoms with E-state index in [0.29, 0.717) is 21.5 Å². The van der Waals surface area contributed by atoms with Crippen LogP contribution in [-0.4, -0.2) is 35.9 Å². The molecule has 0 unspecified atom stereocenters. The number of carbonyl (C=O) groups is 3. The van der Waals surface area contributed by atoms with Gasteiger partial charge in [-0.2, -0.15) is 0 Å². The zero-order valence-corrected chi connectivity index (χ0v) is 18.6. The van der Waals surface area contributed by atoms with Crippen LogP contribution in [0.5, 0.6) is 5.75 Å². The number of halogens is 2. The number of hydrogen-bond donors (Lipinski definition) is 3. The molecule has 3 rings (SSSR count). The van der Waals surface area contributed by atoms with Gasteiger partial charge in [0.05, 0.1) is 10.0 Å². The zero-order valence-electron chi connectivity index (χ0n) is 17.1. The highest BCUT2D eigenvalue weighted by atomic mass is 35.5. The number of aromatic nitrogens is 1. The Hall–Kier alpha value is -3.36. The molecule has 0 aliphatic carbocycles. The summed E-state index contributed by atoms with van der Waals surface area (Å²) in [6, 6.07) is 13.7. The molecule has 3 amide bonds. The molecule has 0 radical (unpaired) electrons. The second kappa shape index (κ2) is 10.8. The minimum absolute atomic E-state index is 0.0173. The molecule has 3 aromatic rings. The monoisotopic (exact) mass is 474 g/mol. The quantitative estimate of drug-likeness (QED) is 0.455. The van der Waals surface area contributed by atoms with Crippen LogP contribution in [0.3, 0.4) is 0 Å². The number of ether oxygens (including phenoxy) is 1. The van der Waals surface area contributed by atoms with Crippen LogP contribution < -0.4 is 20.9 Å². The summed E-state index contributed by atoms with van der Waals surface area (Å²) >= 11 is 12.4. The second-order valence-electron chi connectivity index (χ2n) is 6.78. The Bertz CT molecular complexity index is 1160. The van der Waals surface area contributed by atoms with Gasteiger partial charge in [-0.3, -0.25) is 25.2 Å². The summed E-state index contributed by atoms with van der Waals surface area (Å²) in [6.45, 7) is 1.52. The van der Waals surface area contributed by atoms with Crippen LogP contribution in [0, 0.1) is 6.92 Å². The van der Waals surface area contributed by atoms with Gasteiger partial charge in [0.25, 0.3) is 11.8 Å². The molecule has 0 saturated carbocycles. The summed E-state index contributed by atoms with van der Waals surface area (Å²) in [6.07, 6.45) is -0.0173. The lowest BCUT2D eigenvalue weighted by Crippen LogP contribution is -2.44. The number of nitrogens with zero attached hydrogens (tertiary/aromatic N) is 1. The third-order valence-corrected chi connectivity index (χ3v) is 4.93. The molecule has 8 nitrogen and oxygen atoms in total. The number of hydrogen-bond acceptors (Lipinski definition) is 5. The van der Waals surface area contributed by atoms with Crippen molar-refractivity contribution < 1.29 is 19.1 Å². The van der Waals surface area contributed by atoms with E-state index in [1.807, 2.05) is 6.92 Å². The maximum atomic E-state index is 12.1. The number of aryl methyl sites for hydroxylation is 1. The van der Waals surface area contributed by atoms with Gasteiger partial charge in [-0.15, -0.1) is 0 Å². The molecule has 166 valence electrons. The summed E-state index contributed by atoms with van der Waals surface area (Å²) in [5.74, 6) is -1.14. The SMILES string of the molecule is Cc1ccc2c(Cl)cc(Cl)c(OCC(=O)NNC(=O)CCNC(=O)c3ccccc3)c2n1. The Balaban J connectivity index is 1.46. The fraction of sp³-hybridized carbons (Fsp3) is 0.182. The fourth-order valence-electron chi connectivity index (χ4n) is 2.78. The van der Waals surface area contributed by atoms with Crippen molar-refractivity contribution in [2.24, 2.45) is 0 Å². The van der Waals surface area contributed by atoms with Gasteiger partial charge in [-0.1, -0.05) is 41.4 Å². The molecule has 0 atom stereocenters. The van der Waals surface area contributed by atoms with Crippen molar-refractivity contribution in [2.75, 3.05) is 13.2 Å². The van der Waals surface area contributed by atoms with Gasteiger partial charge in [0.1, 0.15) is 5.52 Å². The molecular weight excluding hydrogens is 455 g/mol. The number of amides is 3. The van der Waals surface area contributed by atoms with E-state index in [2.05, 4.69) is 21.2 Å². The normalized spacial score (nSPS) is 10.5. The minimum Gasteiger partial charge on any atom is -0.480 e. The Morgan fingerprint density at radius 3 is 2.44 bits per heavy atom. The first-order chi connectivity index (χ1) is 15.3. The lowest BCUT2D eigenvalue weighted by atomic mass is 10.2. The number of benzene rings is 2. The first-order valence-electron chi connectivity index (χ1n) is 9.64. The van der Waals surface area contributed by atoms with Crippen LogP contribution >= 0.6 is 23.2 Å². The summed E-state index contributed by atoms with van der Waals surface area (Å²) in [5.41, 5.74) is 6.18. The van der Waals surface area contributed by atoms with E-state index in [9.17, 15) is 14.4 Å². The topological polar surface area (TPSA) is 109 Å². The van der Waals surface area contributed by atoms with Gasteiger partial charge in [0.2, 0.25) is 5.91 Å². The molecule has 1 aromatic heterocycles. The van der Waals surface area contributed by atoms with Crippen molar-refractivity contribution >= 4 is 51.8 Å². The Labute approximate surface area is 194 Å². The number of hydrazine groups is 1. The van der Waals surface area contributed by atoms with Crippen molar-refractivity contribution in [2.45, 2.75) is 13.3 Å². The van der Waals surface area contributed by atoms with Crippen molar-refractivity contribution in [3.63, 3.8) is 0 Å². The molecule has 2 aromatic carbocycles. The number of rotatable bonds is 7. The van der Waals surface area contributed by atoms with E-state index in [-0.39, 0.29) is 29.6 Å². The molecule has 0 aliphatic heterocycles. The zero-order chi connectivity index (χ0) is 23.1. The minimum atomic E-state index is -0.599. The molecule has 3 N–H and O–H groups in total. The van der Waals surface area contributed by atoms with E-state index in [1.165, 1.54) is 6.07 Å². The number of pyridine rings is 1. The van der Waals surface area contributed by atoms with Crippen LogP contribution in [0.2, 0.25) is 10.0 Å². The molecule has 0 aliphatic rings. The van der Waals surface area contributed by atoms with Gasteiger partial charge in [0, 0.05) is 29.6 Å². The third-order valence-electron chi connectivity index (χ3n) is 4.34. The summed E-state index contributed by atoms with van der Waals surface area (Å²) in [4.78, 5) is 40.2. The Morgan fingerprint density at radius 2 is 1.69 bits per heavy atom. The summed E-state index contributed by atoms with van der Waals surface area (Å²) in [5, 5.41) is 3.90. The van der Waals surface area contributed by atoms with E-state index < -0.39 is 18.4 Å². The average molecular weight is 475 g/mol. The maximum Gasteiger partial charge on any atom is 0.276 e. The number of carbonyl (C=O) groups excluding carboxylic acids is 3. The molecule has 0 fully saturated rings. The van der Waals surface area contributed by atoms with Crippen LogP contribution in [0.25, 0.3) is 10.9 Å². The first-order valence-corrected chi connectivity index (χ1v) is 10.4. The van der Waals surface area contributed by atoms with Gasteiger partial charge in [-0.25, -0.2) is 4.98 Å². The molecule has 32 heavy (non-hydrogen) atoms. The highest BCUT2D eigenvalue weighted by Gasteiger charge is 2.15. The van der Waals surface area contributed by atoms with Gasteiger partial charge < -0.3 is 10.1 Å². The Kier molecular flexibility index (Phi) is 7.86. The highest BCUT2D eigenvalue weighted by Crippen LogP contribution is 2.37. The summed E-state index contributed by atoms with van der Waals surface area (Å²) < 4.78 is 5.54. The van der Waals surface area contributed by atoms with Crippen LogP contribution in [0.15, 0.2) is 48.5 Å². The average Bonchev–Trinajstić information content (AvgIpc) is 2.77. The fourth-order valence-corrected chi connectivity index (χ4v) is 3.35. The highest BCUT2D eigenvalue weighted by molar-refractivity contribution is 6.39. The first kappa shape index (κ1) is 23.3. The predicted octanol–water partition coefficient (Wildman–Crippen LogP) is 3.20. The van der Waals surface area contributed by atoms with Crippen LogP contribution in [-0.2, 0) is 9.59 Å². The number of fused-ring (bicyclic) bond motifs is 1. The lowest BCUT2D eigenvalue weighted by molar-refractivity contribution is -0.129. The largest absolute Gasteiger partial charge is 0.480 e. The van der Waals surface area contributed by atoms with Crippen molar-refractivity contribution in [3.05, 3.63) is 69.8 Å². The van der Waals surface area contributed by atoms with Crippen LogP contribution in [0.4, 0.5) is 0 Å². The third kappa shape index (κ3) is 6.09. The summed E-state index contributed by atoms with van der Waals surface area (Å²) in [7, 11) is 0. The van der Waals surface area contributed by atoms with E-state index in [4.69, 9.17) is 27.9 Å². The number of nitrogens with one attached hydrogen (secondary N) is 3. The molecule has 0 bridgehead atoms. The van der Waals surface area contributed by atoms with Crippen molar-refractivity contribution in [1.29, 1.82) is 0 Å².